The third-order valence-corrected chi connectivity index (χ3v) is 4.59. The van der Waals surface area contributed by atoms with Gasteiger partial charge in [-0.3, -0.25) is 9.59 Å². The predicted octanol–water partition coefficient (Wildman–Crippen LogP) is 4.99. The van der Waals surface area contributed by atoms with Gasteiger partial charge in [0.05, 0.1) is 10.7 Å². The number of rotatable bonds is 6. The van der Waals surface area contributed by atoms with Gasteiger partial charge in [0, 0.05) is 31.5 Å². The summed E-state index contributed by atoms with van der Waals surface area (Å²) in [4.78, 5) is 25.8. The lowest BCUT2D eigenvalue weighted by atomic mass is 10.1. The summed E-state index contributed by atoms with van der Waals surface area (Å²) < 4.78 is 0. The van der Waals surface area contributed by atoms with E-state index < -0.39 is 0 Å². The monoisotopic (exact) mass is 392 g/mol. The minimum absolute atomic E-state index is 0.0858. The quantitative estimate of drug-likeness (QED) is 0.752. The number of hydrogen-bond acceptors (Lipinski definition) is 2. The summed E-state index contributed by atoms with van der Waals surface area (Å²) in [6, 6.07) is 11.1. The summed E-state index contributed by atoms with van der Waals surface area (Å²) in [6.07, 6.45) is 0.191. The summed E-state index contributed by atoms with van der Waals surface area (Å²) in [5, 5.41) is 4.01. The van der Waals surface area contributed by atoms with E-state index in [1.165, 1.54) is 6.92 Å². The van der Waals surface area contributed by atoms with Crippen molar-refractivity contribution < 1.29 is 9.59 Å². The van der Waals surface area contributed by atoms with Crippen LogP contribution in [0.2, 0.25) is 10.0 Å². The largest absolute Gasteiger partial charge is 0.338 e. The van der Waals surface area contributed by atoms with Crippen LogP contribution in [-0.2, 0) is 16.1 Å². The van der Waals surface area contributed by atoms with Gasteiger partial charge >= 0.3 is 0 Å². The van der Waals surface area contributed by atoms with Crippen molar-refractivity contribution in [3.05, 3.63) is 63.1 Å². The Kier molecular flexibility index (Phi) is 7.06. The topological polar surface area (TPSA) is 49.4 Å². The molecule has 2 aromatic rings. The molecule has 0 aliphatic carbocycles. The second-order valence-corrected chi connectivity index (χ2v) is 7.15. The Bertz CT molecular complexity index is 781. The Morgan fingerprint density at radius 1 is 1.08 bits per heavy atom. The standard InChI is InChI=1S/C20H22Cl2N2O2/c1-13-10-14(2)20(18(22)11-13)23-19(26)8-9-24(15(3)25)12-16-4-6-17(21)7-5-16/h4-7,10-11H,8-9,12H2,1-3H3,(H,23,26). The van der Waals surface area contributed by atoms with E-state index in [9.17, 15) is 9.59 Å². The lowest BCUT2D eigenvalue weighted by molar-refractivity contribution is -0.129. The van der Waals surface area contributed by atoms with Crippen LogP contribution in [0.25, 0.3) is 0 Å². The zero-order valence-corrected chi connectivity index (χ0v) is 16.6. The van der Waals surface area contributed by atoms with Crippen molar-refractivity contribution >= 4 is 40.7 Å². The van der Waals surface area contributed by atoms with Gasteiger partial charge in [-0.25, -0.2) is 0 Å². The molecule has 0 fully saturated rings. The highest BCUT2D eigenvalue weighted by Crippen LogP contribution is 2.27. The molecule has 0 spiro atoms. The first-order chi connectivity index (χ1) is 12.3. The minimum Gasteiger partial charge on any atom is -0.338 e. The smallest absolute Gasteiger partial charge is 0.226 e. The van der Waals surface area contributed by atoms with Crippen LogP contribution in [0.1, 0.15) is 30.0 Å². The maximum absolute atomic E-state index is 12.3. The molecule has 0 atom stereocenters. The van der Waals surface area contributed by atoms with E-state index in [1.807, 2.05) is 38.1 Å². The average Bonchev–Trinajstić information content (AvgIpc) is 2.56. The van der Waals surface area contributed by atoms with Gasteiger partial charge in [-0.2, -0.15) is 0 Å². The molecule has 6 heteroatoms. The number of anilines is 1. The lowest BCUT2D eigenvalue weighted by Crippen LogP contribution is -2.31. The molecule has 26 heavy (non-hydrogen) atoms. The highest BCUT2D eigenvalue weighted by atomic mass is 35.5. The summed E-state index contributed by atoms with van der Waals surface area (Å²) >= 11 is 12.1. The zero-order valence-electron chi connectivity index (χ0n) is 15.1. The Hall–Kier alpha value is -2.04. The van der Waals surface area contributed by atoms with Crippen LogP contribution in [0.5, 0.6) is 0 Å². The Balaban J connectivity index is 1.97. The van der Waals surface area contributed by atoms with Crippen LogP contribution in [-0.4, -0.2) is 23.3 Å². The van der Waals surface area contributed by atoms with E-state index in [4.69, 9.17) is 23.2 Å². The van der Waals surface area contributed by atoms with Gasteiger partial charge in [0.25, 0.3) is 0 Å². The second-order valence-electron chi connectivity index (χ2n) is 6.30. The summed E-state index contributed by atoms with van der Waals surface area (Å²) in [7, 11) is 0. The molecule has 0 unspecified atom stereocenters. The van der Waals surface area contributed by atoms with Gasteiger partial charge in [0.2, 0.25) is 11.8 Å². The molecule has 2 amide bonds. The molecule has 0 saturated carbocycles. The number of nitrogens with one attached hydrogen (secondary N) is 1. The number of amides is 2. The van der Waals surface area contributed by atoms with Crippen molar-refractivity contribution in [2.75, 3.05) is 11.9 Å². The number of carbonyl (C=O) groups excluding carboxylic acids is 2. The number of halogens is 2. The highest BCUT2D eigenvalue weighted by molar-refractivity contribution is 6.34. The van der Waals surface area contributed by atoms with Crippen LogP contribution in [0, 0.1) is 13.8 Å². The Morgan fingerprint density at radius 3 is 2.31 bits per heavy atom. The van der Waals surface area contributed by atoms with Crippen molar-refractivity contribution in [1.29, 1.82) is 0 Å². The minimum atomic E-state index is -0.179. The molecule has 0 heterocycles. The van der Waals surface area contributed by atoms with E-state index >= 15 is 0 Å². The van der Waals surface area contributed by atoms with Crippen LogP contribution in [0.3, 0.4) is 0 Å². The second kappa shape index (κ2) is 9.06. The first-order valence-electron chi connectivity index (χ1n) is 8.33. The Morgan fingerprint density at radius 2 is 1.73 bits per heavy atom. The van der Waals surface area contributed by atoms with E-state index in [0.29, 0.717) is 28.8 Å². The predicted molar refractivity (Wildman–Crippen MR) is 107 cm³/mol. The third kappa shape index (κ3) is 5.75. The van der Waals surface area contributed by atoms with Crippen molar-refractivity contribution in [3.63, 3.8) is 0 Å². The van der Waals surface area contributed by atoms with Crippen molar-refractivity contribution in [1.82, 2.24) is 4.90 Å². The molecule has 138 valence electrons. The van der Waals surface area contributed by atoms with Crippen molar-refractivity contribution in [3.8, 4) is 0 Å². The van der Waals surface area contributed by atoms with Crippen LogP contribution in [0.4, 0.5) is 5.69 Å². The molecular formula is C20H22Cl2N2O2. The molecular weight excluding hydrogens is 371 g/mol. The maximum atomic E-state index is 12.3. The number of aryl methyl sites for hydroxylation is 2. The summed E-state index contributed by atoms with van der Waals surface area (Å²) in [6.45, 7) is 6.11. The fraction of sp³-hybridized carbons (Fsp3) is 0.300. The van der Waals surface area contributed by atoms with E-state index in [-0.39, 0.29) is 18.2 Å². The molecule has 4 nitrogen and oxygen atoms in total. The van der Waals surface area contributed by atoms with Gasteiger partial charge in [0.1, 0.15) is 0 Å². The average molecular weight is 393 g/mol. The molecule has 2 aromatic carbocycles. The van der Waals surface area contributed by atoms with Crippen LogP contribution >= 0.6 is 23.2 Å². The van der Waals surface area contributed by atoms with Gasteiger partial charge in [-0.05, 0) is 48.7 Å². The van der Waals surface area contributed by atoms with E-state index in [0.717, 1.165) is 16.7 Å². The van der Waals surface area contributed by atoms with Crippen molar-refractivity contribution in [2.24, 2.45) is 0 Å². The molecule has 2 rings (SSSR count). The number of carbonyl (C=O) groups is 2. The first-order valence-corrected chi connectivity index (χ1v) is 9.08. The van der Waals surface area contributed by atoms with E-state index in [2.05, 4.69) is 5.32 Å². The number of hydrogen-bond donors (Lipinski definition) is 1. The molecule has 0 aliphatic heterocycles. The summed E-state index contributed by atoms with van der Waals surface area (Å²) in [5.41, 5.74) is 3.53. The molecule has 1 N–H and O–H groups in total. The Labute approximate surface area is 164 Å². The van der Waals surface area contributed by atoms with Crippen LogP contribution in [0.15, 0.2) is 36.4 Å². The molecule has 0 radical (unpaired) electrons. The lowest BCUT2D eigenvalue weighted by Gasteiger charge is -2.21. The normalized spacial score (nSPS) is 10.5. The van der Waals surface area contributed by atoms with Gasteiger partial charge in [-0.1, -0.05) is 41.4 Å². The fourth-order valence-corrected chi connectivity index (χ4v) is 3.16. The van der Waals surface area contributed by atoms with Crippen LogP contribution < -0.4 is 5.32 Å². The number of benzene rings is 2. The van der Waals surface area contributed by atoms with Gasteiger partial charge in [-0.15, -0.1) is 0 Å². The molecule has 0 aromatic heterocycles. The molecule has 0 saturated heterocycles. The fourth-order valence-electron chi connectivity index (χ4n) is 2.67. The maximum Gasteiger partial charge on any atom is 0.226 e. The van der Waals surface area contributed by atoms with Crippen molar-refractivity contribution in [2.45, 2.75) is 33.7 Å². The number of nitrogens with zero attached hydrogens (tertiary/aromatic N) is 1. The third-order valence-electron chi connectivity index (χ3n) is 4.04. The zero-order chi connectivity index (χ0) is 19.3. The SMILES string of the molecule is CC(=O)N(CCC(=O)Nc1c(C)cc(C)cc1Cl)Cc1ccc(Cl)cc1. The van der Waals surface area contributed by atoms with Gasteiger partial charge < -0.3 is 10.2 Å². The summed E-state index contributed by atoms with van der Waals surface area (Å²) in [5.74, 6) is -0.265. The molecule has 0 aliphatic rings. The first kappa shape index (κ1) is 20.3. The van der Waals surface area contributed by atoms with E-state index in [1.54, 1.807) is 17.0 Å². The van der Waals surface area contributed by atoms with Gasteiger partial charge in [0.15, 0.2) is 0 Å². The highest BCUT2D eigenvalue weighted by Gasteiger charge is 2.14. The molecule has 0 bridgehead atoms.